The Morgan fingerprint density at radius 3 is 2.55 bits per heavy atom. The van der Waals surface area contributed by atoms with Crippen LogP contribution in [-0.4, -0.2) is 75.7 Å². The summed E-state index contributed by atoms with van der Waals surface area (Å²) in [6, 6.07) is 8.16. The first-order chi connectivity index (χ1) is 18.2. The maximum Gasteiger partial charge on any atom is 0.312 e. The van der Waals surface area contributed by atoms with Gasteiger partial charge in [-0.2, -0.15) is 0 Å². The first-order valence-electron chi connectivity index (χ1n) is 13.9. The zero-order chi connectivity index (χ0) is 27.7. The molecule has 3 heterocycles. The molecule has 38 heavy (non-hydrogen) atoms. The Balaban J connectivity index is 1.82. The molecule has 208 valence electrons. The van der Waals surface area contributed by atoms with Gasteiger partial charge in [0, 0.05) is 13.1 Å². The lowest BCUT2D eigenvalue weighted by molar-refractivity contribution is -0.163. The number of rotatable bonds is 12. The zero-order valence-electron chi connectivity index (χ0n) is 23.1. The second kappa shape index (κ2) is 11.2. The number of aliphatic hydroxyl groups excluding tert-OH is 1. The van der Waals surface area contributed by atoms with Crippen molar-refractivity contribution in [1.82, 2.24) is 9.80 Å². The Morgan fingerprint density at radius 2 is 1.97 bits per heavy atom. The lowest BCUT2D eigenvalue weighted by Gasteiger charge is -2.40. The van der Waals surface area contributed by atoms with Gasteiger partial charge in [-0.25, -0.2) is 0 Å². The van der Waals surface area contributed by atoms with E-state index in [9.17, 15) is 19.5 Å². The zero-order valence-corrected chi connectivity index (χ0v) is 23.1. The quantitative estimate of drug-likeness (QED) is 0.332. The summed E-state index contributed by atoms with van der Waals surface area (Å²) in [7, 11) is 0. The van der Waals surface area contributed by atoms with Crippen LogP contribution in [0.5, 0.6) is 0 Å². The number of carbonyl (C=O) groups excluding carboxylic acids is 3. The number of benzene rings is 1. The van der Waals surface area contributed by atoms with Crippen LogP contribution in [0.1, 0.15) is 58.9 Å². The van der Waals surface area contributed by atoms with Crippen molar-refractivity contribution < 1.29 is 29.0 Å². The predicted molar refractivity (Wildman–Crippen MR) is 143 cm³/mol. The van der Waals surface area contributed by atoms with Crippen molar-refractivity contribution in [1.29, 1.82) is 0 Å². The summed E-state index contributed by atoms with van der Waals surface area (Å²) < 4.78 is 12.3. The van der Waals surface area contributed by atoms with E-state index in [1.54, 1.807) is 22.8 Å². The Bertz CT molecular complexity index is 1040. The SMILES string of the molecule is C=CCN(Cc1ccccc1)C(=O)C1N([C@@H](CO)CC(C)C)C(=O)[C@@H]2[C@H](C(=O)OCC)[C@]3(CC)CCC12O3. The van der Waals surface area contributed by atoms with Crippen LogP contribution >= 0.6 is 0 Å². The number of esters is 1. The Labute approximate surface area is 226 Å². The summed E-state index contributed by atoms with van der Waals surface area (Å²) in [4.78, 5) is 45.4. The van der Waals surface area contributed by atoms with Gasteiger partial charge < -0.3 is 24.4 Å². The molecular weight excluding hydrogens is 484 g/mol. The predicted octanol–water partition coefficient (Wildman–Crippen LogP) is 3.33. The van der Waals surface area contributed by atoms with Crippen molar-refractivity contribution >= 4 is 17.8 Å². The highest BCUT2D eigenvalue weighted by Gasteiger charge is 2.79. The maximum absolute atomic E-state index is 14.5. The van der Waals surface area contributed by atoms with Crippen molar-refractivity contribution in [3.8, 4) is 0 Å². The third-order valence-electron chi connectivity index (χ3n) is 8.62. The van der Waals surface area contributed by atoms with E-state index in [0.29, 0.717) is 38.8 Å². The third-order valence-corrected chi connectivity index (χ3v) is 8.62. The smallest absolute Gasteiger partial charge is 0.312 e. The minimum atomic E-state index is -1.15. The molecule has 4 rings (SSSR count). The fourth-order valence-electron chi connectivity index (χ4n) is 7.10. The monoisotopic (exact) mass is 526 g/mol. The van der Waals surface area contributed by atoms with Gasteiger partial charge in [0.05, 0.1) is 30.8 Å². The van der Waals surface area contributed by atoms with Gasteiger partial charge >= 0.3 is 5.97 Å². The van der Waals surface area contributed by atoms with E-state index < -0.39 is 41.1 Å². The summed E-state index contributed by atoms with van der Waals surface area (Å²) >= 11 is 0. The summed E-state index contributed by atoms with van der Waals surface area (Å²) in [5, 5.41) is 10.4. The molecule has 2 bridgehead atoms. The van der Waals surface area contributed by atoms with Gasteiger partial charge in [-0.1, -0.05) is 57.2 Å². The Kier molecular flexibility index (Phi) is 8.33. The molecule has 0 saturated carbocycles. The molecule has 8 heteroatoms. The van der Waals surface area contributed by atoms with Gasteiger partial charge in [-0.05, 0) is 44.1 Å². The van der Waals surface area contributed by atoms with Crippen LogP contribution in [0.25, 0.3) is 0 Å². The largest absolute Gasteiger partial charge is 0.466 e. The average molecular weight is 527 g/mol. The molecule has 0 aromatic heterocycles. The van der Waals surface area contributed by atoms with Crippen molar-refractivity contribution in [2.45, 2.75) is 83.2 Å². The van der Waals surface area contributed by atoms with Crippen molar-refractivity contribution in [3.05, 3.63) is 48.6 Å². The summed E-state index contributed by atoms with van der Waals surface area (Å²) in [5.74, 6) is -2.42. The molecule has 3 aliphatic heterocycles. The fraction of sp³-hybridized carbons (Fsp3) is 0.633. The van der Waals surface area contributed by atoms with Crippen LogP contribution in [0.15, 0.2) is 43.0 Å². The number of aliphatic hydroxyl groups is 1. The van der Waals surface area contributed by atoms with Crippen LogP contribution in [0.4, 0.5) is 0 Å². The maximum atomic E-state index is 14.5. The Hall–Kier alpha value is -2.71. The van der Waals surface area contributed by atoms with E-state index >= 15 is 0 Å². The van der Waals surface area contributed by atoms with E-state index in [0.717, 1.165) is 5.56 Å². The van der Waals surface area contributed by atoms with E-state index in [2.05, 4.69) is 6.58 Å². The molecule has 1 spiro atoms. The van der Waals surface area contributed by atoms with Crippen molar-refractivity contribution in [2.24, 2.45) is 17.8 Å². The highest BCUT2D eigenvalue weighted by atomic mass is 16.6. The molecule has 3 saturated heterocycles. The lowest BCUT2D eigenvalue weighted by Crippen LogP contribution is -2.59. The standard InChI is InChI=1S/C30H42N2O6/c1-6-16-31(18-21-12-10-9-11-13-21)27(35)25-30-15-14-29(7-2,38-30)24(28(36)37-8-3)23(30)26(34)32(25)22(19-33)17-20(4)5/h6,9-13,20,22-25,33H,1,7-8,14-19H2,2-5H3/t22-,23+,24-,25?,29+,30?/m1/s1. The third kappa shape index (κ3) is 4.56. The molecule has 8 nitrogen and oxygen atoms in total. The first-order valence-corrected chi connectivity index (χ1v) is 13.9. The molecule has 1 N–H and O–H groups in total. The van der Waals surface area contributed by atoms with Crippen LogP contribution < -0.4 is 0 Å². The van der Waals surface area contributed by atoms with Gasteiger partial charge in [0.1, 0.15) is 17.6 Å². The first kappa shape index (κ1) is 28.3. The van der Waals surface area contributed by atoms with Gasteiger partial charge in [0.15, 0.2) is 0 Å². The fourth-order valence-corrected chi connectivity index (χ4v) is 7.10. The number of carbonyl (C=O) groups is 3. The van der Waals surface area contributed by atoms with E-state index in [-0.39, 0.29) is 30.9 Å². The number of hydrogen-bond donors (Lipinski definition) is 1. The van der Waals surface area contributed by atoms with Crippen molar-refractivity contribution in [3.63, 3.8) is 0 Å². The molecule has 6 atom stereocenters. The number of fused-ring (bicyclic) bond motifs is 1. The van der Waals surface area contributed by atoms with E-state index in [1.165, 1.54) is 0 Å². The number of ether oxygens (including phenoxy) is 2. The number of nitrogens with zero attached hydrogens (tertiary/aromatic N) is 2. The molecule has 0 aliphatic carbocycles. The molecule has 3 aliphatic rings. The summed E-state index contributed by atoms with van der Waals surface area (Å²) in [5.41, 5.74) is -1.03. The average Bonchev–Trinajstić information content (AvgIpc) is 3.51. The molecule has 1 aromatic rings. The molecule has 2 amide bonds. The summed E-state index contributed by atoms with van der Waals surface area (Å²) in [6.45, 7) is 12.2. The van der Waals surface area contributed by atoms with Gasteiger partial charge in [0.2, 0.25) is 11.8 Å². The highest BCUT2D eigenvalue weighted by Crippen LogP contribution is 2.65. The molecule has 1 aromatic carbocycles. The van der Waals surface area contributed by atoms with Crippen molar-refractivity contribution in [2.75, 3.05) is 19.8 Å². The minimum Gasteiger partial charge on any atom is -0.466 e. The molecule has 3 fully saturated rings. The van der Waals surface area contributed by atoms with Crippen LogP contribution in [0.3, 0.4) is 0 Å². The van der Waals surface area contributed by atoms with Crippen LogP contribution in [-0.2, 0) is 30.4 Å². The van der Waals surface area contributed by atoms with Crippen LogP contribution in [0.2, 0.25) is 0 Å². The van der Waals surface area contributed by atoms with E-state index in [1.807, 2.05) is 51.1 Å². The van der Waals surface area contributed by atoms with Gasteiger partial charge in [0.25, 0.3) is 0 Å². The van der Waals surface area contributed by atoms with Gasteiger partial charge in [-0.15, -0.1) is 6.58 Å². The lowest BCUT2D eigenvalue weighted by atomic mass is 9.65. The Morgan fingerprint density at radius 1 is 1.26 bits per heavy atom. The normalized spacial score (nSPS) is 30.4. The number of hydrogen-bond acceptors (Lipinski definition) is 6. The topological polar surface area (TPSA) is 96.4 Å². The van der Waals surface area contributed by atoms with Gasteiger partial charge in [-0.3, -0.25) is 14.4 Å². The minimum absolute atomic E-state index is 0.183. The number of amides is 2. The molecular formula is C30H42N2O6. The second-order valence-electron chi connectivity index (χ2n) is 11.3. The highest BCUT2D eigenvalue weighted by molar-refractivity contribution is 5.98. The second-order valence-corrected chi connectivity index (χ2v) is 11.3. The van der Waals surface area contributed by atoms with E-state index in [4.69, 9.17) is 9.47 Å². The molecule has 0 radical (unpaired) electrons. The van der Waals surface area contributed by atoms with Crippen LogP contribution in [0, 0.1) is 17.8 Å². The summed E-state index contributed by atoms with van der Waals surface area (Å²) in [6.07, 6.45) is 3.81. The number of likely N-dealkylation sites (tertiary alicyclic amines) is 1. The molecule has 2 unspecified atom stereocenters.